The van der Waals surface area contributed by atoms with Crippen molar-refractivity contribution in [3.63, 3.8) is 0 Å². The minimum Gasteiger partial charge on any atom is -0.384 e. The van der Waals surface area contributed by atoms with Gasteiger partial charge in [-0.25, -0.2) is 0 Å². The molecule has 0 bridgehead atoms. The summed E-state index contributed by atoms with van der Waals surface area (Å²) in [7, 11) is 1.65. The second-order valence-corrected chi connectivity index (χ2v) is 5.76. The Kier molecular flexibility index (Phi) is 4.74. The van der Waals surface area contributed by atoms with Crippen LogP contribution in [0.15, 0.2) is 17.5 Å². The molecule has 0 saturated carbocycles. The van der Waals surface area contributed by atoms with E-state index in [9.17, 15) is 4.79 Å². The highest BCUT2D eigenvalue weighted by molar-refractivity contribution is 7.09. The minimum absolute atomic E-state index is 0.117. The molecule has 18 heavy (non-hydrogen) atoms. The number of ether oxygens (including phenoxy) is 1. The van der Waals surface area contributed by atoms with E-state index in [2.05, 4.69) is 22.1 Å². The summed E-state index contributed by atoms with van der Waals surface area (Å²) in [6.45, 7) is 2.79. The Labute approximate surface area is 112 Å². The zero-order valence-corrected chi connectivity index (χ0v) is 11.5. The number of methoxy groups -OCH3 is 1. The van der Waals surface area contributed by atoms with Crippen LogP contribution in [0.3, 0.4) is 0 Å². The summed E-state index contributed by atoms with van der Waals surface area (Å²) in [6, 6.07) is 4.13. The van der Waals surface area contributed by atoms with Crippen LogP contribution in [0.25, 0.3) is 0 Å². The first kappa shape index (κ1) is 13.5. The molecule has 1 aliphatic rings. The highest BCUT2D eigenvalue weighted by atomic mass is 32.1. The Morgan fingerprint density at radius 2 is 2.56 bits per heavy atom. The summed E-state index contributed by atoms with van der Waals surface area (Å²) in [5.74, 6) is 0.117. The molecule has 1 saturated heterocycles. The van der Waals surface area contributed by atoms with Gasteiger partial charge in [0.25, 0.3) is 0 Å². The van der Waals surface area contributed by atoms with Gasteiger partial charge in [-0.2, -0.15) is 0 Å². The predicted molar refractivity (Wildman–Crippen MR) is 72.8 cm³/mol. The number of nitrogens with one attached hydrogen (secondary N) is 2. The molecular formula is C13H20N2O2S. The first-order chi connectivity index (χ1) is 8.77. The molecule has 4 nitrogen and oxygen atoms in total. The fraction of sp³-hybridized carbons (Fsp3) is 0.615. The van der Waals surface area contributed by atoms with Crippen molar-refractivity contribution >= 4 is 17.2 Å². The summed E-state index contributed by atoms with van der Waals surface area (Å²) >= 11 is 1.73. The van der Waals surface area contributed by atoms with E-state index in [1.54, 1.807) is 18.4 Å². The quantitative estimate of drug-likeness (QED) is 0.810. The minimum atomic E-state index is -0.371. The van der Waals surface area contributed by atoms with Crippen LogP contribution in [0.1, 0.15) is 11.3 Å². The molecule has 2 rings (SSSR count). The molecule has 1 atom stereocenters. The monoisotopic (exact) mass is 268 g/mol. The average Bonchev–Trinajstić information content (AvgIpc) is 3.01. The summed E-state index contributed by atoms with van der Waals surface area (Å²) in [5.41, 5.74) is -0.371. The zero-order valence-electron chi connectivity index (χ0n) is 10.7. The molecule has 0 aliphatic carbocycles. The van der Waals surface area contributed by atoms with E-state index in [0.29, 0.717) is 19.7 Å². The summed E-state index contributed by atoms with van der Waals surface area (Å²) < 4.78 is 5.20. The first-order valence-corrected chi connectivity index (χ1v) is 7.15. The van der Waals surface area contributed by atoms with Gasteiger partial charge in [-0.3, -0.25) is 4.79 Å². The van der Waals surface area contributed by atoms with Gasteiger partial charge in [0.2, 0.25) is 5.91 Å². The first-order valence-electron chi connectivity index (χ1n) is 6.27. The number of hydrogen-bond acceptors (Lipinski definition) is 4. The van der Waals surface area contributed by atoms with E-state index < -0.39 is 0 Å². The average molecular weight is 268 g/mol. The Balaban J connectivity index is 1.82. The van der Waals surface area contributed by atoms with Crippen molar-refractivity contribution in [2.45, 2.75) is 12.8 Å². The van der Waals surface area contributed by atoms with Crippen LogP contribution in [0, 0.1) is 5.41 Å². The van der Waals surface area contributed by atoms with Gasteiger partial charge in [0.1, 0.15) is 0 Å². The Morgan fingerprint density at radius 3 is 3.17 bits per heavy atom. The van der Waals surface area contributed by atoms with Crippen molar-refractivity contribution in [1.29, 1.82) is 0 Å². The third-order valence-corrected chi connectivity index (χ3v) is 4.32. The van der Waals surface area contributed by atoms with E-state index >= 15 is 0 Å². The highest BCUT2D eigenvalue weighted by Crippen LogP contribution is 2.26. The maximum absolute atomic E-state index is 12.3. The lowest BCUT2D eigenvalue weighted by Gasteiger charge is -2.25. The second-order valence-electron chi connectivity index (χ2n) is 4.73. The number of carbonyl (C=O) groups is 1. The number of amides is 1. The lowest BCUT2D eigenvalue weighted by atomic mass is 9.87. The van der Waals surface area contributed by atoms with Gasteiger partial charge in [-0.1, -0.05) is 6.07 Å². The molecule has 5 heteroatoms. The number of hydrogen-bond donors (Lipinski definition) is 2. The van der Waals surface area contributed by atoms with Crippen LogP contribution in [0.4, 0.5) is 0 Å². The predicted octanol–water partition coefficient (Wildman–Crippen LogP) is 1.03. The lowest BCUT2D eigenvalue weighted by molar-refractivity contribution is -0.132. The van der Waals surface area contributed by atoms with E-state index in [1.807, 2.05) is 6.07 Å². The van der Waals surface area contributed by atoms with Crippen molar-refractivity contribution < 1.29 is 9.53 Å². The van der Waals surface area contributed by atoms with E-state index in [-0.39, 0.29) is 11.3 Å². The molecule has 1 unspecified atom stereocenters. The maximum Gasteiger partial charge on any atom is 0.229 e. The van der Waals surface area contributed by atoms with Gasteiger partial charge in [-0.05, 0) is 30.8 Å². The van der Waals surface area contributed by atoms with Crippen LogP contribution >= 0.6 is 11.3 Å². The molecular weight excluding hydrogens is 248 g/mol. The van der Waals surface area contributed by atoms with Crippen molar-refractivity contribution in [2.24, 2.45) is 5.41 Å². The molecule has 100 valence electrons. The lowest BCUT2D eigenvalue weighted by Crippen LogP contribution is -2.46. The van der Waals surface area contributed by atoms with Crippen LogP contribution in [-0.4, -0.2) is 39.3 Å². The van der Waals surface area contributed by atoms with Gasteiger partial charge >= 0.3 is 0 Å². The van der Waals surface area contributed by atoms with Gasteiger partial charge < -0.3 is 15.4 Å². The van der Waals surface area contributed by atoms with Crippen molar-refractivity contribution in [3.8, 4) is 0 Å². The number of rotatable bonds is 6. The molecule has 1 aliphatic heterocycles. The van der Waals surface area contributed by atoms with Crippen molar-refractivity contribution in [2.75, 3.05) is 33.4 Å². The van der Waals surface area contributed by atoms with Crippen LogP contribution in [-0.2, 0) is 16.0 Å². The largest absolute Gasteiger partial charge is 0.384 e. The molecule has 1 fully saturated rings. The SMILES string of the molecule is COCC1(C(=O)NCCc2cccs2)CCNC1. The molecule has 0 aromatic carbocycles. The Hall–Kier alpha value is -0.910. The summed E-state index contributed by atoms with van der Waals surface area (Å²) in [5, 5.41) is 8.34. The molecule has 2 heterocycles. The van der Waals surface area contributed by atoms with Gasteiger partial charge in [0.05, 0.1) is 12.0 Å². The molecule has 1 aromatic rings. The van der Waals surface area contributed by atoms with Crippen molar-refractivity contribution in [1.82, 2.24) is 10.6 Å². The van der Waals surface area contributed by atoms with Gasteiger partial charge in [-0.15, -0.1) is 11.3 Å². The van der Waals surface area contributed by atoms with E-state index in [4.69, 9.17) is 4.74 Å². The third-order valence-electron chi connectivity index (χ3n) is 3.38. The van der Waals surface area contributed by atoms with Crippen LogP contribution in [0.5, 0.6) is 0 Å². The molecule has 1 aromatic heterocycles. The van der Waals surface area contributed by atoms with Crippen molar-refractivity contribution in [3.05, 3.63) is 22.4 Å². The fourth-order valence-corrected chi connectivity index (χ4v) is 3.05. The Morgan fingerprint density at radius 1 is 1.67 bits per heavy atom. The Bertz CT molecular complexity index is 372. The molecule has 2 N–H and O–H groups in total. The van der Waals surface area contributed by atoms with Gasteiger partial charge in [0, 0.05) is 25.1 Å². The van der Waals surface area contributed by atoms with Crippen LogP contribution in [0.2, 0.25) is 0 Å². The van der Waals surface area contributed by atoms with Crippen LogP contribution < -0.4 is 10.6 Å². The maximum atomic E-state index is 12.3. The smallest absolute Gasteiger partial charge is 0.229 e. The fourth-order valence-electron chi connectivity index (χ4n) is 2.34. The van der Waals surface area contributed by atoms with E-state index in [1.165, 1.54) is 4.88 Å². The van der Waals surface area contributed by atoms with E-state index in [0.717, 1.165) is 19.4 Å². The summed E-state index contributed by atoms with van der Waals surface area (Å²) in [6.07, 6.45) is 1.76. The van der Waals surface area contributed by atoms with Gasteiger partial charge in [0.15, 0.2) is 0 Å². The zero-order chi connectivity index (χ0) is 12.8. The number of carbonyl (C=O) groups excluding carboxylic acids is 1. The topological polar surface area (TPSA) is 50.4 Å². The normalized spacial score (nSPS) is 23.2. The number of thiophene rings is 1. The second kappa shape index (κ2) is 6.31. The molecule has 0 spiro atoms. The standard InChI is InChI=1S/C13H20N2O2S/c1-17-10-13(5-7-14-9-13)12(16)15-6-4-11-3-2-8-18-11/h2-3,8,14H,4-7,9-10H2,1H3,(H,15,16). The molecule has 1 amide bonds. The third kappa shape index (κ3) is 3.10. The summed E-state index contributed by atoms with van der Waals surface area (Å²) in [4.78, 5) is 13.6. The highest BCUT2D eigenvalue weighted by Gasteiger charge is 2.41. The molecule has 0 radical (unpaired) electrons.